The number of hydrogen-bond acceptors (Lipinski definition) is 3. The van der Waals surface area contributed by atoms with Crippen LogP contribution in [-0.4, -0.2) is 19.9 Å². The molecule has 0 spiro atoms. The van der Waals surface area contributed by atoms with Crippen molar-refractivity contribution in [3.8, 4) is 11.4 Å². The predicted molar refractivity (Wildman–Crippen MR) is 61.8 cm³/mol. The molecule has 0 amide bonds. The molecule has 0 fully saturated rings. The highest BCUT2D eigenvalue weighted by Crippen LogP contribution is 2.21. The van der Waals surface area contributed by atoms with Crippen molar-refractivity contribution in [3.05, 3.63) is 42.1 Å². The molecule has 17 heavy (non-hydrogen) atoms. The van der Waals surface area contributed by atoms with Gasteiger partial charge in [0.2, 0.25) is 0 Å². The molecule has 3 heterocycles. The molecule has 3 rings (SSSR count). The van der Waals surface area contributed by atoms with Gasteiger partial charge in [0.05, 0.1) is 17.3 Å². The number of H-pyrrole nitrogens is 1. The quantitative estimate of drug-likeness (QED) is 0.696. The second-order valence-electron chi connectivity index (χ2n) is 3.76. The maximum Gasteiger partial charge on any atom is 0.178 e. The minimum Gasteiger partial charge on any atom is -0.336 e. The first-order valence-corrected chi connectivity index (χ1v) is 5.17. The monoisotopic (exact) mass is 228 g/mol. The fraction of sp³-hybridized carbons (Fsp3) is 0.0833. The molecule has 84 valence electrons. The van der Waals surface area contributed by atoms with Crippen molar-refractivity contribution in [1.29, 1.82) is 0 Å². The van der Waals surface area contributed by atoms with Crippen LogP contribution in [0.15, 0.2) is 30.6 Å². The Morgan fingerprint density at radius 2 is 2.06 bits per heavy atom. The van der Waals surface area contributed by atoms with Crippen molar-refractivity contribution in [2.75, 3.05) is 0 Å². The van der Waals surface area contributed by atoms with E-state index in [0.29, 0.717) is 17.0 Å². The number of pyridine rings is 2. The Bertz CT molecular complexity index is 690. The fourth-order valence-electron chi connectivity index (χ4n) is 1.68. The first-order chi connectivity index (χ1) is 8.24. The van der Waals surface area contributed by atoms with Gasteiger partial charge in [-0.05, 0) is 25.1 Å². The summed E-state index contributed by atoms with van der Waals surface area (Å²) in [6.07, 6.45) is 2.70. The van der Waals surface area contributed by atoms with Gasteiger partial charge in [-0.25, -0.2) is 14.4 Å². The second-order valence-corrected chi connectivity index (χ2v) is 3.76. The SMILES string of the molecule is Cc1ccc2[nH]c(-c3ccncc3F)nc2n1. The van der Waals surface area contributed by atoms with E-state index in [1.54, 1.807) is 6.07 Å². The van der Waals surface area contributed by atoms with Crippen LogP contribution in [0.2, 0.25) is 0 Å². The summed E-state index contributed by atoms with van der Waals surface area (Å²) in [4.78, 5) is 15.3. The van der Waals surface area contributed by atoms with Gasteiger partial charge in [-0.2, -0.15) is 0 Å². The van der Waals surface area contributed by atoms with E-state index in [0.717, 1.165) is 11.2 Å². The van der Waals surface area contributed by atoms with Gasteiger partial charge in [-0.1, -0.05) is 0 Å². The summed E-state index contributed by atoms with van der Waals surface area (Å²) in [6.45, 7) is 1.89. The van der Waals surface area contributed by atoms with Crippen LogP contribution < -0.4 is 0 Å². The Morgan fingerprint density at radius 3 is 2.88 bits per heavy atom. The normalized spacial score (nSPS) is 10.9. The molecule has 3 aromatic heterocycles. The van der Waals surface area contributed by atoms with Gasteiger partial charge in [0, 0.05) is 11.9 Å². The van der Waals surface area contributed by atoms with E-state index in [1.165, 1.54) is 12.4 Å². The maximum absolute atomic E-state index is 13.5. The average Bonchev–Trinajstić information content (AvgIpc) is 2.72. The smallest absolute Gasteiger partial charge is 0.178 e. The number of hydrogen-bond donors (Lipinski definition) is 1. The number of aromatic amines is 1. The molecule has 0 saturated carbocycles. The lowest BCUT2D eigenvalue weighted by Gasteiger charge is -1.96. The van der Waals surface area contributed by atoms with Crippen LogP contribution in [0.4, 0.5) is 4.39 Å². The van der Waals surface area contributed by atoms with E-state index >= 15 is 0 Å². The summed E-state index contributed by atoms with van der Waals surface area (Å²) in [6, 6.07) is 5.35. The Labute approximate surface area is 96.6 Å². The van der Waals surface area contributed by atoms with Crippen molar-refractivity contribution in [2.45, 2.75) is 6.92 Å². The molecule has 4 nitrogen and oxygen atoms in total. The van der Waals surface area contributed by atoms with Crippen LogP contribution in [0.1, 0.15) is 5.69 Å². The molecule has 0 aromatic carbocycles. The molecule has 3 aromatic rings. The molecular weight excluding hydrogens is 219 g/mol. The number of aryl methyl sites for hydroxylation is 1. The minimum atomic E-state index is -0.400. The van der Waals surface area contributed by atoms with Crippen LogP contribution in [0.5, 0.6) is 0 Å². The predicted octanol–water partition coefficient (Wildman–Crippen LogP) is 2.47. The molecule has 0 saturated heterocycles. The summed E-state index contributed by atoms with van der Waals surface area (Å²) in [5, 5.41) is 0. The van der Waals surface area contributed by atoms with E-state index in [9.17, 15) is 4.39 Å². The highest BCUT2D eigenvalue weighted by atomic mass is 19.1. The fourth-order valence-corrected chi connectivity index (χ4v) is 1.68. The average molecular weight is 228 g/mol. The van der Waals surface area contributed by atoms with Crippen LogP contribution >= 0.6 is 0 Å². The third-order valence-corrected chi connectivity index (χ3v) is 2.51. The zero-order valence-corrected chi connectivity index (χ0v) is 9.11. The van der Waals surface area contributed by atoms with Crippen LogP contribution in [0.3, 0.4) is 0 Å². The Balaban J connectivity index is 2.22. The maximum atomic E-state index is 13.5. The highest BCUT2D eigenvalue weighted by molar-refractivity contribution is 5.75. The van der Waals surface area contributed by atoms with Gasteiger partial charge in [0.15, 0.2) is 11.5 Å². The summed E-state index contributed by atoms with van der Waals surface area (Å²) in [5.41, 5.74) is 2.67. The van der Waals surface area contributed by atoms with Gasteiger partial charge < -0.3 is 4.98 Å². The van der Waals surface area contributed by atoms with Gasteiger partial charge in [0.25, 0.3) is 0 Å². The van der Waals surface area contributed by atoms with Gasteiger partial charge >= 0.3 is 0 Å². The number of rotatable bonds is 1. The van der Waals surface area contributed by atoms with E-state index in [-0.39, 0.29) is 0 Å². The third-order valence-electron chi connectivity index (χ3n) is 2.51. The van der Waals surface area contributed by atoms with Crippen molar-refractivity contribution in [3.63, 3.8) is 0 Å². The minimum absolute atomic E-state index is 0.399. The molecule has 0 atom stereocenters. The van der Waals surface area contributed by atoms with E-state index in [4.69, 9.17) is 0 Å². The Kier molecular flexibility index (Phi) is 2.11. The lowest BCUT2D eigenvalue weighted by molar-refractivity contribution is 0.624. The summed E-state index contributed by atoms with van der Waals surface area (Å²) in [7, 11) is 0. The molecule has 0 aliphatic carbocycles. The second kappa shape index (κ2) is 3.62. The zero-order chi connectivity index (χ0) is 11.8. The Hall–Kier alpha value is -2.30. The molecular formula is C12H9FN4. The molecule has 0 aliphatic rings. The molecule has 1 N–H and O–H groups in total. The summed E-state index contributed by atoms with van der Waals surface area (Å²) < 4.78 is 13.5. The largest absolute Gasteiger partial charge is 0.336 e. The van der Waals surface area contributed by atoms with Crippen molar-refractivity contribution < 1.29 is 4.39 Å². The molecule has 0 radical (unpaired) electrons. The number of nitrogens with zero attached hydrogens (tertiary/aromatic N) is 3. The number of halogens is 1. The lowest BCUT2D eigenvalue weighted by atomic mass is 10.2. The number of imidazole rings is 1. The van der Waals surface area contributed by atoms with Crippen molar-refractivity contribution in [1.82, 2.24) is 19.9 Å². The Morgan fingerprint density at radius 1 is 1.18 bits per heavy atom. The van der Waals surface area contributed by atoms with Gasteiger partial charge in [-0.15, -0.1) is 0 Å². The molecule has 5 heteroatoms. The van der Waals surface area contributed by atoms with Gasteiger partial charge in [0.1, 0.15) is 5.82 Å². The molecule has 0 aliphatic heterocycles. The number of aromatic nitrogens is 4. The lowest BCUT2D eigenvalue weighted by Crippen LogP contribution is -1.87. The van der Waals surface area contributed by atoms with Crippen LogP contribution in [-0.2, 0) is 0 Å². The molecule has 0 bridgehead atoms. The highest BCUT2D eigenvalue weighted by Gasteiger charge is 2.10. The van der Waals surface area contributed by atoms with E-state index in [1.807, 2.05) is 19.1 Å². The van der Waals surface area contributed by atoms with Crippen LogP contribution in [0.25, 0.3) is 22.6 Å². The van der Waals surface area contributed by atoms with E-state index in [2.05, 4.69) is 19.9 Å². The first kappa shape index (κ1) is 9.89. The van der Waals surface area contributed by atoms with Gasteiger partial charge in [-0.3, -0.25) is 4.98 Å². The van der Waals surface area contributed by atoms with Crippen LogP contribution in [0, 0.1) is 12.7 Å². The summed E-state index contributed by atoms with van der Waals surface area (Å²) >= 11 is 0. The standard InChI is InChI=1S/C12H9FN4/c1-7-2-3-10-12(15-7)17-11(16-10)8-4-5-14-6-9(8)13/h2-6H,1H3,(H,15,16,17). The third kappa shape index (κ3) is 1.65. The number of fused-ring (bicyclic) bond motifs is 1. The van der Waals surface area contributed by atoms with Crippen molar-refractivity contribution >= 4 is 11.2 Å². The zero-order valence-electron chi connectivity index (χ0n) is 9.11. The first-order valence-electron chi connectivity index (χ1n) is 5.17. The summed E-state index contributed by atoms with van der Waals surface area (Å²) in [5.74, 6) is 0.0706. The van der Waals surface area contributed by atoms with Crippen molar-refractivity contribution in [2.24, 2.45) is 0 Å². The molecule has 0 unspecified atom stereocenters. The van der Waals surface area contributed by atoms with E-state index < -0.39 is 5.82 Å². The number of nitrogens with one attached hydrogen (secondary N) is 1. The topological polar surface area (TPSA) is 54.5 Å².